The number of rotatable bonds is 13. The van der Waals surface area contributed by atoms with Crippen LogP contribution in [0.3, 0.4) is 0 Å². The van der Waals surface area contributed by atoms with Gasteiger partial charge in [-0.15, -0.1) is 0 Å². The van der Waals surface area contributed by atoms with Gasteiger partial charge in [0.25, 0.3) is 0 Å². The fourth-order valence-electron chi connectivity index (χ4n) is 2.47. The van der Waals surface area contributed by atoms with Crippen LogP contribution >= 0.6 is 0 Å². The van der Waals surface area contributed by atoms with E-state index in [9.17, 15) is 0 Å². The van der Waals surface area contributed by atoms with Crippen molar-refractivity contribution in [3.8, 4) is 5.88 Å². The zero-order valence-corrected chi connectivity index (χ0v) is 14.2. The summed E-state index contributed by atoms with van der Waals surface area (Å²) in [5.74, 6) is 1.48. The molecule has 126 valence electrons. The van der Waals surface area contributed by atoms with Crippen LogP contribution in [0.4, 0.5) is 11.8 Å². The summed E-state index contributed by atoms with van der Waals surface area (Å²) < 4.78 is 5.07. The number of nitrogens with zero attached hydrogens (tertiary/aromatic N) is 2. The van der Waals surface area contributed by atoms with Crippen LogP contribution in [0.2, 0.25) is 0 Å². The van der Waals surface area contributed by atoms with E-state index >= 15 is 0 Å². The van der Waals surface area contributed by atoms with Crippen molar-refractivity contribution in [2.45, 2.75) is 71.1 Å². The van der Waals surface area contributed by atoms with E-state index in [-0.39, 0.29) is 5.95 Å². The minimum absolute atomic E-state index is 0.241. The summed E-state index contributed by atoms with van der Waals surface area (Å²) in [6.45, 7) is 3.18. The second-order valence-electron chi connectivity index (χ2n) is 5.76. The normalized spacial score (nSPS) is 10.6. The van der Waals surface area contributed by atoms with E-state index in [1.807, 2.05) is 0 Å². The summed E-state index contributed by atoms with van der Waals surface area (Å²) in [5, 5.41) is 3.27. The van der Waals surface area contributed by atoms with E-state index in [0.29, 0.717) is 5.88 Å². The average molecular weight is 308 g/mol. The molecule has 0 atom stereocenters. The molecule has 0 spiro atoms. The Morgan fingerprint density at radius 3 is 2.14 bits per heavy atom. The minimum Gasteiger partial charge on any atom is -0.481 e. The third kappa shape index (κ3) is 8.70. The van der Waals surface area contributed by atoms with Crippen molar-refractivity contribution in [2.75, 3.05) is 24.7 Å². The van der Waals surface area contributed by atoms with Crippen LogP contribution in [0, 0.1) is 0 Å². The molecule has 1 rings (SSSR count). The first-order valence-corrected chi connectivity index (χ1v) is 8.68. The second-order valence-corrected chi connectivity index (χ2v) is 5.76. The molecule has 1 aromatic rings. The van der Waals surface area contributed by atoms with Crippen LogP contribution in [0.25, 0.3) is 0 Å². The quantitative estimate of drug-likeness (QED) is 0.528. The lowest BCUT2D eigenvalue weighted by Crippen LogP contribution is -2.06. The summed E-state index contributed by atoms with van der Waals surface area (Å²) in [7, 11) is 1.58. The number of unbranched alkanes of at least 4 members (excludes halogenated alkanes) is 9. The Kier molecular flexibility index (Phi) is 10.2. The van der Waals surface area contributed by atoms with Crippen LogP contribution in [-0.4, -0.2) is 23.6 Å². The Morgan fingerprint density at radius 1 is 0.955 bits per heavy atom. The summed E-state index contributed by atoms with van der Waals surface area (Å²) in [6.07, 6.45) is 13.4. The van der Waals surface area contributed by atoms with Gasteiger partial charge in [-0.3, -0.25) is 0 Å². The molecule has 0 bridgehead atoms. The van der Waals surface area contributed by atoms with E-state index < -0.39 is 0 Å². The van der Waals surface area contributed by atoms with Crippen LogP contribution in [0.5, 0.6) is 5.88 Å². The predicted molar refractivity (Wildman–Crippen MR) is 93.3 cm³/mol. The number of hydrogen-bond acceptors (Lipinski definition) is 5. The third-order valence-corrected chi connectivity index (χ3v) is 3.77. The summed E-state index contributed by atoms with van der Waals surface area (Å²) in [4.78, 5) is 8.10. The van der Waals surface area contributed by atoms with Gasteiger partial charge in [-0.2, -0.15) is 9.97 Å². The topological polar surface area (TPSA) is 73.1 Å². The second kappa shape index (κ2) is 12.1. The first-order chi connectivity index (χ1) is 10.8. The maximum atomic E-state index is 5.62. The molecular formula is C17H32N4O. The van der Waals surface area contributed by atoms with E-state index in [1.54, 1.807) is 13.2 Å². The van der Waals surface area contributed by atoms with Gasteiger partial charge in [-0.1, -0.05) is 64.7 Å². The van der Waals surface area contributed by atoms with E-state index in [4.69, 9.17) is 10.5 Å². The molecule has 1 heterocycles. The number of nitrogens with two attached hydrogens (primary N) is 1. The molecule has 0 aliphatic heterocycles. The molecule has 0 aliphatic rings. The van der Waals surface area contributed by atoms with Gasteiger partial charge in [0.1, 0.15) is 5.82 Å². The molecule has 0 amide bonds. The van der Waals surface area contributed by atoms with Crippen LogP contribution in [-0.2, 0) is 0 Å². The number of aromatic nitrogens is 2. The Balaban J connectivity index is 1.98. The van der Waals surface area contributed by atoms with Crippen molar-refractivity contribution in [3.05, 3.63) is 6.07 Å². The van der Waals surface area contributed by atoms with Gasteiger partial charge in [0.15, 0.2) is 0 Å². The third-order valence-electron chi connectivity index (χ3n) is 3.77. The van der Waals surface area contributed by atoms with Gasteiger partial charge < -0.3 is 15.8 Å². The molecule has 0 fully saturated rings. The number of anilines is 2. The van der Waals surface area contributed by atoms with Gasteiger partial charge in [-0.25, -0.2) is 0 Å². The average Bonchev–Trinajstić information content (AvgIpc) is 2.52. The molecule has 5 nitrogen and oxygen atoms in total. The molecule has 0 radical (unpaired) electrons. The molecule has 1 aromatic heterocycles. The maximum absolute atomic E-state index is 5.62. The molecular weight excluding hydrogens is 276 g/mol. The van der Waals surface area contributed by atoms with Crippen molar-refractivity contribution in [3.63, 3.8) is 0 Å². The van der Waals surface area contributed by atoms with Gasteiger partial charge in [-0.05, 0) is 6.42 Å². The van der Waals surface area contributed by atoms with Crippen molar-refractivity contribution in [1.29, 1.82) is 0 Å². The molecule has 5 heteroatoms. The van der Waals surface area contributed by atoms with Crippen molar-refractivity contribution < 1.29 is 4.74 Å². The largest absolute Gasteiger partial charge is 0.481 e. The molecule has 0 saturated carbocycles. The zero-order valence-electron chi connectivity index (χ0n) is 14.2. The monoisotopic (exact) mass is 308 g/mol. The Bertz CT molecular complexity index is 398. The fourth-order valence-corrected chi connectivity index (χ4v) is 2.47. The molecule has 22 heavy (non-hydrogen) atoms. The van der Waals surface area contributed by atoms with Crippen LogP contribution in [0.1, 0.15) is 71.1 Å². The SMILES string of the molecule is CCCCCCCCCCCCNc1cc(OC)nc(N)n1. The summed E-state index contributed by atoms with van der Waals surface area (Å²) in [6, 6.07) is 1.77. The first-order valence-electron chi connectivity index (χ1n) is 8.68. The van der Waals surface area contributed by atoms with Crippen LogP contribution in [0.15, 0.2) is 6.07 Å². The van der Waals surface area contributed by atoms with E-state index in [0.717, 1.165) is 18.8 Å². The molecule has 0 aliphatic carbocycles. The van der Waals surface area contributed by atoms with Crippen molar-refractivity contribution in [2.24, 2.45) is 0 Å². The number of hydrogen-bond donors (Lipinski definition) is 2. The Morgan fingerprint density at radius 2 is 1.55 bits per heavy atom. The zero-order chi connectivity index (χ0) is 16.0. The van der Waals surface area contributed by atoms with Crippen LogP contribution < -0.4 is 15.8 Å². The Labute approximate surface area is 135 Å². The standard InChI is InChI=1S/C17H32N4O/c1-3-4-5-6-7-8-9-10-11-12-13-19-15-14-16(22-2)21-17(18)20-15/h14H,3-13H2,1-2H3,(H3,18,19,20,21). The number of nitrogens with one attached hydrogen (secondary N) is 1. The smallest absolute Gasteiger partial charge is 0.225 e. The highest BCUT2D eigenvalue weighted by molar-refractivity contribution is 5.42. The highest BCUT2D eigenvalue weighted by Crippen LogP contribution is 2.14. The van der Waals surface area contributed by atoms with Gasteiger partial charge in [0, 0.05) is 12.6 Å². The number of methoxy groups -OCH3 is 1. The van der Waals surface area contributed by atoms with E-state index in [2.05, 4.69) is 22.2 Å². The lowest BCUT2D eigenvalue weighted by atomic mass is 10.1. The highest BCUT2D eigenvalue weighted by atomic mass is 16.5. The summed E-state index contributed by atoms with van der Waals surface area (Å²) in [5.41, 5.74) is 5.62. The molecule has 0 aromatic carbocycles. The lowest BCUT2D eigenvalue weighted by Gasteiger charge is -2.07. The highest BCUT2D eigenvalue weighted by Gasteiger charge is 2.01. The number of ether oxygens (including phenoxy) is 1. The maximum Gasteiger partial charge on any atom is 0.225 e. The van der Waals surface area contributed by atoms with Crippen molar-refractivity contribution in [1.82, 2.24) is 9.97 Å². The van der Waals surface area contributed by atoms with E-state index in [1.165, 1.54) is 57.8 Å². The Hall–Kier alpha value is -1.52. The fraction of sp³-hybridized carbons (Fsp3) is 0.765. The molecule has 0 saturated heterocycles. The predicted octanol–water partition coefficient (Wildman–Crippen LogP) is 4.40. The lowest BCUT2D eigenvalue weighted by molar-refractivity contribution is 0.398. The van der Waals surface area contributed by atoms with Crippen molar-refractivity contribution >= 4 is 11.8 Å². The van der Waals surface area contributed by atoms with Gasteiger partial charge in [0.2, 0.25) is 11.8 Å². The first kappa shape index (κ1) is 18.5. The molecule has 0 unspecified atom stereocenters. The van der Waals surface area contributed by atoms with Gasteiger partial charge >= 0.3 is 0 Å². The number of nitrogen functional groups attached to an aromatic ring is 1. The minimum atomic E-state index is 0.241. The summed E-state index contributed by atoms with van der Waals surface area (Å²) >= 11 is 0. The molecule has 3 N–H and O–H groups in total. The van der Waals surface area contributed by atoms with Gasteiger partial charge in [0.05, 0.1) is 7.11 Å².